The number of carbonyl (C=O) groups excluding carboxylic acids is 1. The summed E-state index contributed by atoms with van der Waals surface area (Å²) in [6, 6.07) is 3.77. The van der Waals surface area contributed by atoms with E-state index in [-0.39, 0.29) is 11.3 Å². The van der Waals surface area contributed by atoms with Crippen LogP contribution in [-0.2, 0) is 0 Å². The van der Waals surface area contributed by atoms with Crippen LogP contribution in [0.25, 0.3) is 0 Å². The molecule has 1 fully saturated rings. The number of hydrogen-bond acceptors (Lipinski definition) is 3. The highest BCUT2D eigenvalue weighted by atomic mass is 16.4. The third-order valence-corrected chi connectivity index (χ3v) is 3.83. The number of nitrogens with one attached hydrogen (secondary N) is 2. The van der Waals surface area contributed by atoms with Crippen LogP contribution in [-0.4, -0.2) is 28.8 Å². The lowest BCUT2D eigenvalue weighted by molar-refractivity contribution is 0.0693. The molecule has 0 radical (unpaired) electrons. The van der Waals surface area contributed by atoms with Crippen LogP contribution in [0.3, 0.4) is 0 Å². The van der Waals surface area contributed by atoms with Gasteiger partial charge in [-0.1, -0.05) is 31.7 Å². The number of aromatic carboxylic acids is 1. The molecule has 1 aliphatic rings. The maximum atomic E-state index is 11.7. The minimum absolute atomic E-state index is 0.0910. The van der Waals surface area contributed by atoms with E-state index in [0.29, 0.717) is 12.5 Å². The molecule has 0 heterocycles. The van der Waals surface area contributed by atoms with E-state index >= 15 is 0 Å². The quantitative estimate of drug-likeness (QED) is 0.627. The van der Waals surface area contributed by atoms with Crippen molar-refractivity contribution in [3.8, 4) is 5.75 Å². The second kappa shape index (κ2) is 6.97. The number of anilines is 1. The fraction of sp³-hybridized carbons (Fsp3) is 0.467. The number of phenols is 1. The molecule has 0 unspecified atom stereocenters. The molecule has 1 aromatic rings. The van der Waals surface area contributed by atoms with Gasteiger partial charge in [-0.2, -0.15) is 0 Å². The maximum absolute atomic E-state index is 11.7. The Morgan fingerprint density at radius 1 is 1.24 bits per heavy atom. The van der Waals surface area contributed by atoms with Gasteiger partial charge in [0.05, 0.1) is 5.69 Å². The van der Waals surface area contributed by atoms with E-state index in [9.17, 15) is 14.7 Å². The summed E-state index contributed by atoms with van der Waals surface area (Å²) in [5, 5.41) is 23.9. The van der Waals surface area contributed by atoms with Crippen molar-refractivity contribution in [2.24, 2.45) is 5.92 Å². The molecule has 6 heteroatoms. The number of para-hydroxylation sites is 1. The smallest absolute Gasteiger partial charge is 0.339 e. The standard InChI is InChI=1S/C15H20N2O4/c18-13-11(14(19)20)6-3-7-12(13)17-15(21)16-9-8-10-4-1-2-5-10/h3,6-7,10,18H,1-2,4-5,8-9H2,(H,19,20)(H2,16,17,21). The number of carboxylic acid groups (broad SMARTS) is 1. The maximum Gasteiger partial charge on any atom is 0.339 e. The van der Waals surface area contributed by atoms with Crippen LogP contribution in [0.5, 0.6) is 5.75 Å². The molecular weight excluding hydrogens is 272 g/mol. The van der Waals surface area contributed by atoms with Crippen molar-refractivity contribution in [2.75, 3.05) is 11.9 Å². The second-order valence-electron chi connectivity index (χ2n) is 5.33. The zero-order valence-corrected chi connectivity index (χ0v) is 11.8. The first-order valence-electron chi connectivity index (χ1n) is 7.18. The molecule has 1 aromatic carbocycles. The molecule has 0 saturated heterocycles. The number of urea groups is 1. The van der Waals surface area contributed by atoms with Crippen molar-refractivity contribution < 1.29 is 19.8 Å². The summed E-state index contributed by atoms with van der Waals surface area (Å²) in [6.07, 6.45) is 5.95. The van der Waals surface area contributed by atoms with Gasteiger partial charge >= 0.3 is 12.0 Å². The lowest BCUT2D eigenvalue weighted by atomic mass is 10.0. The first kappa shape index (κ1) is 15.2. The number of amides is 2. The van der Waals surface area contributed by atoms with E-state index < -0.39 is 17.7 Å². The van der Waals surface area contributed by atoms with Crippen molar-refractivity contribution in [3.05, 3.63) is 23.8 Å². The predicted octanol–water partition coefficient (Wildman–Crippen LogP) is 2.79. The zero-order valence-electron chi connectivity index (χ0n) is 11.8. The largest absolute Gasteiger partial charge is 0.505 e. The Morgan fingerprint density at radius 2 is 1.95 bits per heavy atom. The van der Waals surface area contributed by atoms with E-state index in [1.807, 2.05) is 0 Å². The average Bonchev–Trinajstić information content (AvgIpc) is 2.94. The molecule has 4 N–H and O–H groups in total. The lowest BCUT2D eigenvalue weighted by Crippen LogP contribution is -2.30. The minimum atomic E-state index is -1.24. The van der Waals surface area contributed by atoms with Gasteiger partial charge in [-0.25, -0.2) is 9.59 Å². The zero-order chi connectivity index (χ0) is 15.2. The Morgan fingerprint density at radius 3 is 2.62 bits per heavy atom. The molecule has 21 heavy (non-hydrogen) atoms. The third kappa shape index (κ3) is 4.11. The Hall–Kier alpha value is -2.24. The van der Waals surface area contributed by atoms with Crippen molar-refractivity contribution >= 4 is 17.7 Å². The van der Waals surface area contributed by atoms with Gasteiger partial charge in [0.15, 0.2) is 5.75 Å². The number of carboxylic acids is 1. The van der Waals surface area contributed by atoms with E-state index in [1.165, 1.54) is 43.9 Å². The minimum Gasteiger partial charge on any atom is -0.505 e. The van der Waals surface area contributed by atoms with Gasteiger partial charge in [0.25, 0.3) is 0 Å². The Balaban J connectivity index is 1.84. The third-order valence-electron chi connectivity index (χ3n) is 3.83. The van der Waals surface area contributed by atoms with Gasteiger partial charge in [0, 0.05) is 6.54 Å². The molecule has 0 spiro atoms. The summed E-state index contributed by atoms with van der Waals surface area (Å²) in [5.74, 6) is -0.984. The van der Waals surface area contributed by atoms with E-state index in [1.54, 1.807) is 0 Å². The van der Waals surface area contributed by atoms with Crippen LogP contribution in [0.2, 0.25) is 0 Å². The molecule has 2 amide bonds. The summed E-state index contributed by atoms with van der Waals surface area (Å²) < 4.78 is 0. The molecule has 114 valence electrons. The lowest BCUT2D eigenvalue weighted by Gasteiger charge is -2.12. The molecule has 6 nitrogen and oxygen atoms in total. The topological polar surface area (TPSA) is 98.7 Å². The summed E-state index contributed by atoms with van der Waals surface area (Å²) in [6.45, 7) is 0.579. The van der Waals surface area contributed by atoms with Crippen LogP contribution in [0.4, 0.5) is 10.5 Å². The van der Waals surface area contributed by atoms with Crippen LogP contribution in [0.15, 0.2) is 18.2 Å². The van der Waals surface area contributed by atoms with Crippen LogP contribution in [0, 0.1) is 5.92 Å². The Labute approximate surface area is 123 Å². The fourth-order valence-electron chi connectivity index (χ4n) is 2.67. The molecule has 0 atom stereocenters. The van der Waals surface area contributed by atoms with Crippen molar-refractivity contribution in [1.29, 1.82) is 0 Å². The predicted molar refractivity (Wildman–Crippen MR) is 78.7 cm³/mol. The first-order chi connectivity index (χ1) is 10.1. The average molecular weight is 292 g/mol. The highest BCUT2D eigenvalue weighted by Gasteiger charge is 2.16. The number of aromatic hydroxyl groups is 1. The van der Waals surface area contributed by atoms with Crippen LogP contribution >= 0.6 is 0 Å². The van der Waals surface area contributed by atoms with Crippen molar-refractivity contribution in [2.45, 2.75) is 32.1 Å². The summed E-state index contributed by atoms with van der Waals surface area (Å²) in [7, 11) is 0. The summed E-state index contributed by atoms with van der Waals surface area (Å²) in [5.41, 5.74) is -0.146. The molecule has 0 aromatic heterocycles. The number of rotatable bonds is 5. The van der Waals surface area contributed by atoms with E-state index in [0.717, 1.165) is 6.42 Å². The van der Waals surface area contributed by atoms with Gasteiger partial charge < -0.3 is 20.8 Å². The van der Waals surface area contributed by atoms with Crippen LogP contribution in [0.1, 0.15) is 42.5 Å². The molecule has 2 rings (SSSR count). The molecule has 1 aliphatic carbocycles. The van der Waals surface area contributed by atoms with Gasteiger partial charge in [-0.3, -0.25) is 0 Å². The number of hydrogen-bond donors (Lipinski definition) is 4. The fourth-order valence-corrected chi connectivity index (χ4v) is 2.67. The number of benzene rings is 1. The van der Waals surface area contributed by atoms with Crippen LogP contribution < -0.4 is 10.6 Å². The Bertz CT molecular complexity index is 524. The molecule has 1 saturated carbocycles. The van der Waals surface area contributed by atoms with E-state index in [4.69, 9.17) is 5.11 Å². The van der Waals surface area contributed by atoms with Gasteiger partial charge in [-0.15, -0.1) is 0 Å². The van der Waals surface area contributed by atoms with Gasteiger partial charge in [-0.05, 0) is 24.5 Å². The summed E-state index contributed by atoms with van der Waals surface area (Å²) >= 11 is 0. The first-order valence-corrected chi connectivity index (χ1v) is 7.18. The van der Waals surface area contributed by atoms with Gasteiger partial charge in [0.1, 0.15) is 5.56 Å². The highest BCUT2D eigenvalue weighted by Crippen LogP contribution is 2.28. The Kier molecular flexibility index (Phi) is 5.03. The molecule has 0 aliphatic heterocycles. The highest BCUT2D eigenvalue weighted by molar-refractivity contribution is 5.97. The molecule has 0 bridgehead atoms. The molecular formula is C15H20N2O4. The second-order valence-corrected chi connectivity index (χ2v) is 5.33. The number of carbonyl (C=O) groups is 2. The normalized spacial score (nSPS) is 14.9. The van der Waals surface area contributed by atoms with Crippen molar-refractivity contribution in [3.63, 3.8) is 0 Å². The monoisotopic (exact) mass is 292 g/mol. The summed E-state index contributed by atoms with van der Waals surface area (Å²) in [4.78, 5) is 22.6. The van der Waals surface area contributed by atoms with Crippen molar-refractivity contribution in [1.82, 2.24) is 5.32 Å². The van der Waals surface area contributed by atoms with E-state index in [2.05, 4.69) is 10.6 Å². The SMILES string of the molecule is O=C(NCCC1CCCC1)Nc1cccc(C(=O)O)c1O. The van der Waals surface area contributed by atoms with Gasteiger partial charge in [0.2, 0.25) is 0 Å².